The highest BCUT2D eigenvalue weighted by Gasteiger charge is 2.22. The standard InChI is InChI=1S/C14H14ClN5O3/c1-9-14(20(22)23)10(2)19(18-9)8-13(21)17-16-7-11-5-3-4-6-12(11)15/h3-7H,8H2,1-2H3,(H,17,21). The normalized spacial score (nSPS) is 10.9. The molecule has 0 spiro atoms. The van der Waals surface area contributed by atoms with Crippen molar-refractivity contribution in [1.29, 1.82) is 0 Å². The van der Waals surface area contributed by atoms with Gasteiger partial charge >= 0.3 is 5.69 Å². The number of hydrazone groups is 1. The van der Waals surface area contributed by atoms with Crippen LogP contribution in [0, 0.1) is 24.0 Å². The Morgan fingerprint density at radius 1 is 1.48 bits per heavy atom. The second-order valence-electron chi connectivity index (χ2n) is 4.75. The first-order chi connectivity index (χ1) is 10.9. The Balaban J connectivity index is 2.02. The zero-order chi connectivity index (χ0) is 17.0. The quantitative estimate of drug-likeness (QED) is 0.514. The van der Waals surface area contributed by atoms with Crippen LogP contribution >= 0.6 is 11.6 Å². The molecule has 9 heteroatoms. The summed E-state index contributed by atoms with van der Waals surface area (Å²) >= 11 is 5.96. The van der Waals surface area contributed by atoms with Crippen molar-refractivity contribution in [2.75, 3.05) is 0 Å². The van der Waals surface area contributed by atoms with Gasteiger partial charge in [-0.05, 0) is 19.9 Å². The Morgan fingerprint density at radius 3 is 2.78 bits per heavy atom. The Hall–Kier alpha value is -2.74. The minimum atomic E-state index is -0.512. The molecule has 1 heterocycles. The summed E-state index contributed by atoms with van der Waals surface area (Å²) in [6.45, 7) is 2.90. The molecule has 0 radical (unpaired) electrons. The van der Waals surface area contributed by atoms with Crippen molar-refractivity contribution in [2.45, 2.75) is 20.4 Å². The van der Waals surface area contributed by atoms with Crippen LogP contribution in [0.4, 0.5) is 5.69 Å². The summed E-state index contributed by atoms with van der Waals surface area (Å²) in [5, 5.41) is 19.2. The van der Waals surface area contributed by atoms with Gasteiger partial charge in [-0.1, -0.05) is 29.8 Å². The Bertz CT molecular complexity index is 785. The van der Waals surface area contributed by atoms with Crippen LogP contribution < -0.4 is 5.43 Å². The number of nitrogens with one attached hydrogen (secondary N) is 1. The Morgan fingerprint density at radius 2 is 2.17 bits per heavy atom. The molecule has 0 bridgehead atoms. The van der Waals surface area contributed by atoms with Crippen LogP contribution in [0.5, 0.6) is 0 Å². The van der Waals surface area contributed by atoms with Gasteiger partial charge in [0.2, 0.25) is 0 Å². The van der Waals surface area contributed by atoms with E-state index < -0.39 is 10.8 Å². The summed E-state index contributed by atoms with van der Waals surface area (Å²) in [5.41, 5.74) is 3.49. The maximum absolute atomic E-state index is 11.8. The molecule has 0 saturated carbocycles. The molecule has 1 amide bonds. The third-order valence-electron chi connectivity index (χ3n) is 3.12. The number of halogens is 1. The lowest BCUT2D eigenvalue weighted by Gasteiger charge is -2.02. The van der Waals surface area contributed by atoms with E-state index in [0.29, 0.717) is 16.3 Å². The maximum Gasteiger partial charge on any atom is 0.312 e. The topological polar surface area (TPSA) is 102 Å². The zero-order valence-corrected chi connectivity index (χ0v) is 13.2. The smallest absolute Gasteiger partial charge is 0.271 e. The van der Waals surface area contributed by atoms with Crippen molar-refractivity contribution in [3.63, 3.8) is 0 Å². The molecule has 0 saturated heterocycles. The van der Waals surface area contributed by atoms with Gasteiger partial charge in [-0.3, -0.25) is 19.6 Å². The summed E-state index contributed by atoms with van der Waals surface area (Å²) < 4.78 is 1.27. The number of hydrogen-bond donors (Lipinski definition) is 1. The monoisotopic (exact) mass is 335 g/mol. The molecule has 23 heavy (non-hydrogen) atoms. The van der Waals surface area contributed by atoms with Crippen molar-refractivity contribution in [1.82, 2.24) is 15.2 Å². The van der Waals surface area contributed by atoms with E-state index in [4.69, 9.17) is 11.6 Å². The lowest BCUT2D eigenvalue weighted by Crippen LogP contribution is -2.24. The van der Waals surface area contributed by atoms with Crippen molar-refractivity contribution in [2.24, 2.45) is 5.10 Å². The Kier molecular flexibility index (Phi) is 5.07. The third-order valence-corrected chi connectivity index (χ3v) is 3.46. The van der Waals surface area contributed by atoms with Crippen LogP contribution in [-0.4, -0.2) is 26.8 Å². The van der Waals surface area contributed by atoms with Gasteiger partial charge in [-0.2, -0.15) is 10.2 Å². The van der Waals surface area contributed by atoms with Gasteiger partial charge in [-0.15, -0.1) is 0 Å². The van der Waals surface area contributed by atoms with Crippen molar-refractivity contribution >= 4 is 29.4 Å². The predicted octanol–water partition coefficient (Wildman–Crippen LogP) is 2.21. The summed E-state index contributed by atoms with van der Waals surface area (Å²) in [7, 11) is 0. The SMILES string of the molecule is Cc1nn(CC(=O)NN=Cc2ccccc2Cl)c(C)c1[N+](=O)[O-]. The fourth-order valence-corrected chi connectivity index (χ4v) is 2.22. The van der Waals surface area contributed by atoms with E-state index in [1.54, 1.807) is 31.2 Å². The van der Waals surface area contributed by atoms with E-state index in [2.05, 4.69) is 15.6 Å². The molecular weight excluding hydrogens is 322 g/mol. The number of nitrogens with zero attached hydrogens (tertiary/aromatic N) is 4. The number of hydrogen-bond acceptors (Lipinski definition) is 5. The third kappa shape index (κ3) is 3.92. The molecular formula is C14H14ClN5O3. The lowest BCUT2D eigenvalue weighted by atomic mass is 10.2. The van der Waals surface area contributed by atoms with Crippen LogP contribution in [0.2, 0.25) is 5.02 Å². The van der Waals surface area contributed by atoms with Gasteiger partial charge in [0.15, 0.2) is 0 Å². The fraction of sp³-hybridized carbons (Fsp3) is 0.214. The number of carbonyl (C=O) groups excluding carboxylic acids is 1. The highest BCUT2D eigenvalue weighted by molar-refractivity contribution is 6.33. The average Bonchev–Trinajstić information content (AvgIpc) is 2.75. The van der Waals surface area contributed by atoms with E-state index in [1.165, 1.54) is 17.8 Å². The van der Waals surface area contributed by atoms with Crippen molar-refractivity contribution < 1.29 is 9.72 Å². The average molecular weight is 336 g/mol. The summed E-state index contributed by atoms with van der Waals surface area (Å²) in [6.07, 6.45) is 1.42. The first kappa shape index (κ1) is 16.6. The summed E-state index contributed by atoms with van der Waals surface area (Å²) in [4.78, 5) is 22.2. The first-order valence-corrected chi connectivity index (χ1v) is 7.02. The number of aryl methyl sites for hydroxylation is 1. The van der Waals surface area contributed by atoms with E-state index in [-0.39, 0.29) is 17.9 Å². The summed E-state index contributed by atoms with van der Waals surface area (Å²) in [5.74, 6) is -0.450. The molecule has 0 aliphatic heterocycles. The van der Waals surface area contributed by atoms with Crippen molar-refractivity contribution in [3.8, 4) is 0 Å². The van der Waals surface area contributed by atoms with Crippen molar-refractivity contribution in [3.05, 3.63) is 56.4 Å². The number of rotatable bonds is 5. The van der Waals surface area contributed by atoms with Gasteiger partial charge in [0.25, 0.3) is 5.91 Å². The van der Waals surface area contributed by atoms with E-state index in [0.717, 1.165) is 0 Å². The number of carbonyl (C=O) groups is 1. The molecule has 2 aromatic rings. The highest BCUT2D eigenvalue weighted by Crippen LogP contribution is 2.21. The van der Waals surface area contributed by atoms with Gasteiger partial charge < -0.3 is 0 Å². The van der Waals surface area contributed by atoms with E-state index in [9.17, 15) is 14.9 Å². The molecule has 2 rings (SSSR count). The minimum absolute atomic E-state index is 0.0858. The van der Waals surface area contributed by atoms with Gasteiger partial charge in [0.05, 0.1) is 11.1 Å². The molecule has 0 aliphatic carbocycles. The maximum atomic E-state index is 11.8. The van der Waals surface area contributed by atoms with Gasteiger partial charge in [0.1, 0.15) is 17.9 Å². The number of aromatic nitrogens is 2. The Labute approximate surface area is 136 Å². The van der Waals surface area contributed by atoms with Crippen LogP contribution in [0.25, 0.3) is 0 Å². The molecule has 0 fully saturated rings. The summed E-state index contributed by atoms with van der Waals surface area (Å²) in [6, 6.07) is 7.04. The van der Waals surface area contributed by atoms with Gasteiger partial charge in [0, 0.05) is 10.6 Å². The molecule has 8 nitrogen and oxygen atoms in total. The molecule has 0 unspecified atom stereocenters. The fourth-order valence-electron chi connectivity index (χ4n) is 2.03. The van der Waals surface area contributed by atoms with Crippen LogP contribution in [0.1, 0.15) is 17.0 Å². The molecule has 1 N–H and O–H groups in total. The van der Waals surface area contributed by atoms with Gasteiger partial charge in [-0.25, -0.2) is 5.43 Å². The number of benzene rings is 1. The van der Waals surface area contributed by atoms with E-state index >= 15 is 0 Å². The lowest BCUT2D eigenvalue weighted by molar-refractivity contribution is -0.386. The molecule has 1 aromatic carbocycles. The number of amides is 1. The van der Waals surface area contributed by atoms with Crippen LogP contribution in [-0.2, 0) is 11.3 Å². The minimum Gasteiger partial charge on any atom is -0.271 e. The largest absolute Gasteiger partial charge is 0.312 e. The van der Waals surface area contributed by atoms with E-state index in [1.807, 2.05) is 0 Å². The molecule has 0 atom stereocenters. The zero-order valence-electron chi connectivity index (χ0n) is 12.5. The molecule has 0 aliphatic rings. The van der Waals surface area contributed by atoms with Crippen LogP contribution in [0.15, 0.2) is 29.4 Å². The molecule has 1 aromatic heterocycles. The highest BCUT2D eigenvalue weighted by atomic mass is 35.5. The molecule has 120 valence electrons. The predicted molar refractivity (Wildman–Crippen MR) is 85.5 cm³/mol. The number of nitro groups is 1. The second kappa shape index (κ2) is 7.01. The van der Waals surface area contributed by atoms with Crippen LogP contribution in [0.3, 0.4) is 0 Å². The first-order valence-electron chi connectivity index (χ1n) is 6.65. The second-order valence-corrected chi connectivity index (χ2v) is 5.16.